The summed E-state index contributed by atoms with van der Waals surface area (Å²) in [6.07, 6.45) is 0.337. The summed E-state index contributed by atoms with van der Waals surface area (Å²) in [5.41, 5.74) is 1.33. The number of hydrogen-bond acceptors (Lipinski definition) is 4. The Morgan fingerprint density at radius 3 is 2.52 bits per heavy atom. The molecule has 21 heavy (non-hydrogen) atoms. The highest BCUT2D eigenvalue weighted by atomic mass is 32.2. The molecule has 0 aliphatic carbocycles. The molecule has 0 radical (unpaired) electrons. The van der Waals surface area contributed by atoms with Gasteiger partial charge < -0.3 is 9.80 Å². The van der Waals surface area contributed by atoms with Crippen molar-refractivity contribution in [1.82, 2.24) is 0 Å². The summed E-state index contributed by atoms with van der Waals surface area (Å²) in [5.74, 6) is -1.06. The largest absolute Gasteiger partial charge is 0.312 e. The van der Waals surface area contributed by atoms with Gasteiger partial charge in [0, 0.05) is 7.05 Å². The van der Waals surface area contributed by atoms with E-state index in [4.69, 9.17) is 0 Å². The second-order valence-corrected chi connectivity index (χ2v) is 7.69. The summed E-state index contributed by atoms with van der Waals surface area (Å²) < 4.78 is 23.1. The van der Waals surface area contributed by atoms with E-state index in [0.717, 1.165) is 0 Å². The molecule has 3 rings (SSSR count). The average molecular weight is 308 g/mol. The van der Waals surface area contributed by atoms with E-state index in [9.17, 15) is 18.0 Å². The molecule has 0 N–H and O–H groups in total. The van der Waals surface area contributed by atoms with Crippen LogP contribution in [-0.4, -0.2) is 45.3 Å². The predicted octanol–water partition coefficient (Wildman–Crippen LogP) is 0.431. The Hall–Kier alpha value is -1.89. The number of carbonyl (C=O) groups is 2. The highest BCUT2D eigenvalue weighted by Gasteiger charge is 2.39. The van der Waals surface area contributed by atoms with Crippen LogP contribution < -0.4 is 9.80 Å². The lowest BCUT2D eigenvalue weighted by Gasteiger charge is -2.35. The van der Waals surface area contributed by atoms with Crippen LogP contribution in [0.3, 0.4) is 0 Å². The molecule has 7 heteroatoms. The van der Waals surface area contributed by atoms with Gasteiger partial charge in [0.15, 0.2) is 9.84 Å². The zero-order chi connectivity index (χ0) is 15.2. The van der Waals surface area contributed by atoms with Crippen LogP contribution in [-0.2, 0) is 19.4 Å². The van der Waals surface area contributed by atoms with Gasteiger partial charge in [0.2, 0.25) is 11.8 Å². The molecule has 1 aromatic rings. The first kappa shape index (κ1) is 14.1. The molecule has 0 bridgehead atoms. The van der Waals surface area contributed by atoms with Crippen molar-refractivity contribution in [1.29, 1.82) is 0 Å². The zero-order valence-electron chi connectivity index (χ0n) is 11.7. The van der Waals surface area contributed by atoms with E-state index in [-0.39, 0.29) is 29.9 Å². The number of hydrogen-bond donors (Lipinski definition) is 0. The van der Waals surface area contributed by atoms with Crippen molar-refractivity contribution < 1.29 is 18.0 Å². The summed E-state index contributed by atoms with van der Waals surface area (Å²) in [7, 11) is -1.45. The lowest BCUT2D eigenvalue weighted by atomic mass is 10.1. The summed E-state index contributed by atoms with van der Waals surface area (Å²) in [5, 5.41) is 0. The second-order valence-electron chi connectivity index (χ2n) is 5.47. The molecule has 112 valence electrons. The quantitative estimate of drug-likeness (QED) is 0.754. The minimum atomic E-state index is -3.12. The number of fused-ring (bicyclic) bond motifs is 1. The van der Waals surface area contributed by atoms with Crippen LogP contribution in [0, 0.1) is 5.92 Å². The Bertz CT molecular complexity index is 713. The van der Waals surface area contributed by atoms with Crippen LogP contribution in [0.5, 0.6) is 0 Å². The van der Waals surface area contributed by atoms with Crippen LogP contribution in [0.15, 0.2) is 24.3 Å². The molecular formula is C14H16N2O4S. The van der Waals surface area contributed by atoms with Crippen LogP contribution in [0.4, 0.5) is 11.4 Å². The van der Waals surface area contributed by atoms with Crippen molar-refractivity contribution in [2.24, 2.45) is 5.92 Å². The fraction of sp³-hybridized carbons (Fsp3) is 0.429. The molecule has 1 saturated heterocycles. The fourth-order valence-corrected chi connectivity index (χ4v) is 4.58. The van der Waals surface area contributed by atoms with E-state index >= 15 is 0 Å². The molecule has 2 aliphatic rings. The monoisotopic (exact) mass is 308 g/mol. The van der Waals surface area contributed by atoms with Gasteiger partial charge in [-0.2, -0.15) is 0 Å². The first-order valence-corrected chi connectivity index (χ1v) is 8.58. The third kappa shape index (κ3) is 2.42. The molecule has 1 aromatic carbocycles. The molecular weight excluding hydrogens is 292 g/mol. The molecule has 0 unspecified atom stereocenters. The number of likely N-dealkylation sites (N-methyl/N-ethyl adjacent to an activating group) is 1. The standard InChI is InChI=1S/C14H16N2O4S/c1-15-11-4-2-3-5-12(11)16(8-13(15)17)14(18)10-6-7-21(19,20)9-10/h2-5,10H,6-9H2,1H3/t10-/m0/s1. The van der Waals surface area contributed by atoms with Gasteiger partial charge in [0.1, 0.15) is 6.54 Å². The topological polar surface area (TPSA) is 74.8 Å². The Kier molecular flexibility index (Phi) is 3.24. The van der Waals surface area contributed by atoms with Crippen molar-refractivity contribution >= 4 is 33.0 Å². The van der Waals surface area contributed by atoms with Crippen molar-refractivity contribution in [3.8, 4) is 0 Å². The molecule has 2 heterocycles. The fourth-order valence-electron chi connectivity index (χ4n) is 2.84. The maximum absolute atomic E-state index is 12.6. The zero-order valence-corrected chi connectivity index (χ0v) is 12.5. The number of rotatable bonds is 1. The summed E-state index contributed by atoms with van der Waals surface area (Å²) in [4.78, 5) is 27.6. The van der Waals surface area contributed by atoms with E-state index in [1.165, 1.54) is 9.80 Å². The van der Waals surface area contributed by atoms with Crippen LogP contribution in [0.2, 0.25) is 0 Å². The Morgan fingerprint density at radius 2 is 1.90 bits per heavy atom. The first-order valence-electron chi connectivity index (χ1n) is 6.76. The number of benzene rings is 1. The average Bonchev–Trinajstić information content (AvgIpc) is 2.82. The second kappa shape index (κ2) is 4.84. The molecule has 1 atom stereocenters. The van der Waals surface area contributed by atoms with E-state index < -0.39 is 15.8 Å². The number of nitrogens with zero attached hydrogens (tertiary/aromatic N) is 2. The Morgan fingerprint density at radius 1 is 1.24 bits per heavy atom. The van der Waals surface area contributed by atoms with Gasteiger partial charge in [-0.25, -0.2) is 8.42 Å². The van der Waals surface area contributed by atoms with E-state index in [0.29, 0.717) is 17.8 Å². The minimum Gasteiger partial charge on any atom is -0.312 e. The smallest absolute Gasteiger partial charge is 0.246 e. The van der Waals surface area contributed by atoms with Crippen LogP contribution >= 0.6 is 0 Å². The molecule has 1 fully saturated rings. The normalized spacial score (nSPS) is 24.0. The van der Waals surface area contributed by atoms with Crippen molar-refractivity contribution in [3.63, 3.8) is 0 Å². The third-order valence-electron chi connectivity index (χ3n) is 4.05. The summed E-state index contributed by atoms with van der Waals surface area (Å²) >= 11 is 0. The van der Waals surface area contributed by atoms with Crippen LogP contribution in [0.1, 0.15) is 6.42 Å². The first-order chi connectivity index (χ1) is 9.89. The number of carbonyl (C=O) groups excluding carboxylic acids is 2. The van der Waals surface area contributed by atoms with Gasteiger partial charge in [0.05, 0.1) is 28.8 Å². The van der Waals surface area contributed by atoms with Crippen molar-refractivity contribution in [3.05, 3.63) is 24.3 Å². The number of para-hydroxylation sites is 2. The van der Waals surface area contributed by atoms with E-state index in [1.54, 1.807) is 31.3 Å². The number of amides is 2. The molecule has 6 nitrogen and oxygen atoms in total. The maximum Gasteiger partial charge on any atom is 0.246 e. The molecule has 0 spiro atoms. The predicted molar refractivity (Wildman–Crippen MR) is 79.0 cm³/mol. The van der Waals surface area contributed by atoms with Crippen LogP contribution in [0.25, 0.3) is 0 Å². The van der Waals surface area contributed by atoms with Gasteiger partial charge in [-0.15, -0.1) is 0 Å². The molecule has 0 saturated carbocycles. The number of sulfone groups is 1. The van der Waals surface area contributed by atoms with Gasteiger partial charge >= 0.3 is 0 Å². The Balaban J connectivity index is 1.94. The lowest BCUT2D eigenvalue weighted by Crippen LogP contribution is -2.48. The lowest BCUT2D eigenvalue weighted by molar-refractivity contribution is -0.124. The third-order valence-corrected chi connectivity index (χ3v) is 5.82. The van der Waals surface area contributed by atoms with Crippen molar-refractivity contribution in [2.45, 2.75) is 6.42 Å². The van der Waals surface area contributed by atoms with E-state index in [1.807, 2.05) is 0 Å². The highest BCUT2D eigenvalue weighted by Crippen LogP contribution is 2.34. The SMILES string of the molecule is CN1C(=O)CN(C(=O)[C@H]2CCS(=O)(=O)C2)c2ccccc21. The highest BCUT2D eigenvalue weighted by molar-refractivity contribution is 7.91. The number of anilines is 2. The maximum atomic E-state index is 12.6. The van der Waals surface area contributed by atoms with Crippen molar-refractivity contribution in [2.75, 3.05) is 34.9 Å². The van der Waals surface area contributed by atoms with Gasteiger partial charge in [-0.3, -0.25) is 9.59 Å². The van der Waals surface area contributed by atoms with Gasteiger partial charge in [-0.1, -0.05) is 12.1 Å². The van der Waals surface area contributed by atoms with E-state index in [2.05, 4.69) is 0 Å². The molecule has 0 aromatic heterocycles. The minimum absolute atomic E-state index is 0.0388. The summed E-state index contributed by atoms with van der Waals surface area (Å²) in [6, 6.07) is 7.16. The Labute approximate surface area is 123 Å². The van der Waals surface area contributed by atoms with Gasteiger partial charge in [0.25, 0.3) is 0 Å². The summed E-state index contributed by atoms with van der Waals surface area (Å²) in [6.45, 7) is -0.0388. The van der Waals surface area contributed by atoms with Gasteiger partial charge in [-0.05, 0) is 18.6 Å². The molecule has 2 amide bonds. The molecule has 2 aliphatic heterocycles.